The van der Waals surface area contributed by atoms with Crippen molar-refractivity contribution in [3.05, 3.63) is 30.3 Å². The first-order valence-electron chi connectivity index (χ1n) is 4.49. The molecule has 0 atom stereocenters. The zero-order chi connectivity index (χ0) is 11.4. The molecule has 0 fully saturated rings. The molecule has 0 spiro atoms. The van der Waals surface area contributed by atoms with Crippen molar-refractivity contribution in [2.75, 3.05) is 19.0 Å². The van der Waals surface area contributed by atoms with E-state index < -0.39 is 0 Å². The van der Waals surface area contributed by atoms with E-state index in [0.717, 1.165) is 0 Å². The summed E-state index contributed by atoms with van der Waals surface area (Å²) in [4.78, 5) is 2.95. The summed E-state index contributed by atoms with van der Waals surface area (Å²) in [6, 6.07) is 9.17. The van der Waals surface area contributed by atoms with Gasteiger partial charge in [0, 0.05) is 14.1 Å². The first kappa shape index (κ1) is 11.0. The van der Waals surface area contributed by atoms with Gasteiger partial charge in [0.1, 0.15) is 0 Å². The highest BCUT2D eigenvalue weighted by molar-refractivity contribution is 6.14. The van der Waals surface area contributed by atoms with Crippen LogP contribution in [-0.2, 0) is 0 Å². The second-order valence-corrected chi connectivity index (χ2v) is 3.27. The Morgan fingerprint density at radius 1 is 1.13 bits per heavy atom. The van der Waals surface area contributed by atoms with Gasteiger partial charge in [0.2, 0.25) is 5.96 Å². The standard InChI is InChI=1S/C10H15N5/c1-14(2)10(13)15(9(11)12)8-6-4-3-5-7-8/h3-7,13H,1-2H3,(H3,11,12). The molecule has 0 saturated heterocycles. The summed E-state index contributed by atoms with van der Waals surface area (Å²) in [6.07, 6.45) is 0. The molecule has 15 heavy (non-hydrogen) atoms. The summed E-state index contributed by atoms with van der Waals surface area (Å²) < 4.78 is 0. The number of benzene rings is 1. The maximum Gasteiger partial charge on any atom is 0.204 e. The number of nitrogens with one attached hydrogen (secondary N) is 2. The predicted octanol–water partition coefficient (Wildman–Crippen LogP) is 0.883. The van der Waals surface area contributed by atoms with Crippen molar-refractivity contribution in [2.24, 2.45) is 5.73 Å². The fraction of sp³-hybridized carbons (Fsp3) is 0.200. The van der Waals surface area contributed by atoms with Crippen molar-refractivity contribution >= 4 is 17.6 Å². The van der Waals surface area contributed by atoms with Crippen LogP contribution in [0.1, 0.15) is 0 Å². The third kappa shape index (κ3) is 2.46. The average Bonchev–Trinajstić information content (AvgIpc) is 2.18. The zero-order valence-electron chi connectivity index (χ0n) is 8.86. The molecule has 1 aromatic rings. The SMILES string of the molecule is CN(C)C(=N)N(C(=N)N)c1ccccc1. The van der Waals surface area contributed by atoms with Crippen molar-refractivity contribution in [3.63, 3.8) is 0 Å². The molecule has 80 valence electrons. The third-order valence-corrected chi connectivity index (χ3v) is 1.89. The Balaban J connectivity index is 3.05. The minimum absolute atomic E-state index is 0.161. The van der Waals surface area contributed by atoms with Crippen molar-refractivity contribution < 1.29 is 0 Å². The Hall–Kier alpha value is -2.04. The third-order valence-electron chi connectivity index (χ3n) is 1.89. The molecule has 0 heterocycles. The summed E-state index contributed by atoms with van der Waals surface area (Å²) in [5.74, 6) is -0.00593. The van der Waals surface area contributed by atoms with Gasteiger partial charge in [-0.3, -0.25) is 15.7 Å². The molecule has 0 unspecified atom stereocenters. The summed E-state index contributed by atoms with van der Waals surface area (Å²) in [5.41, 5.74) is 6.16. The van der Waals surface area contributed by atoms with E-state index in [9.17, 15) is 0 Å². The maximum absolute atomic E-state index is 7.80. The number of anilines is 1. The first-order valence-corrected chi connectivity index (χ1v) is 4.49. The van der Waals surface area contributed by atoms with Crippen LogP contribution in [0.3, 0.4) is 0 Å². The summed E-state index contributed by atoms with van der Waals surface area (Å²) >= 11 is 0. The van der Waals surface area contributed by atoms with E-state index in [-0.39, 0.29) is 11.9 Å². The molecular weight excluding hydrogens is 190 g/mol. The van der Waals surface area contributed by atoms with Crippen LogP contribution < -0.4 is 10.6 Å². The van der Waals surface area contributed by atoms with Gasteiger partial charge < -0.3 is 10.6 Å². The van der Waals surface area contributed by atoms with Crippen molar-refractivity contribution in [2.45, 2.75) is 0 Å². The van der Waals surface area contributed by atoms with Crippen molar-refractivity contribution in [1.82, 2.24) is 4.90 Å². The molecule has 5 nitrogen and oxygen atoms in total. The molecule has 4 N–H and O–H groups in total. The molecule has 0 aromatic heterocycles. The molecule has 0 radical (unpaired) electrons. The van der Waals surface area contributed by atoms with Gasteiger partial charge in [-0.2, -0.15) is 0 Å². The minimum Gasteiger partial charge on any atom is -0.369 e. The van der Waals surface area contributed by atoms with Gasteiger partial charge in [-0.15, -0.1) is 0 Å². The molecular formula is C10H15N5. The van der Waals surface area contributed by atoms with Gasteiger partial charge >= 0.3 is 0 Å². The molecule has 1 rings (SSSR count). The number of rotatable bonds is 1. The van der Waals surface area contributed by atoms with E-state index in [2.05, 4.69) is 0 Å². The molecule has 0 aliphatic rings. The molecule has 0 saturated carbocycles. The number of nitrogens with two attached hydrogens (primary N) is 1. The summed E-state index contributed by atoms with van der Waals surface area (Å²) in [7, 11) is 3.47. The topological polar surface area (TPSA) is 80.2 Å². The Morgan fingerprint density at radius 3 is 2.07 bits per heavy atom. The molecule has 0 aliphatic heterocycles. The normalized spacial score (nSPS) is 9.47. The van der Waals surface area contributed by atoms with Crippen molar-refractivity contribution in [1.29, 1.82) is 10.8 Å². The van der Waals surface area contributed by atoms with Crippen molar-refractivity contribution in [3.8, 4) is 0 Å². The van der Waals surface area contributed by atoms with Crippen LogP contribution in [0.15, 0.2) is 30.3 Å². The van der Waals surface area contributed by atoms with Gasteiger partial charge in [0.05, 0.1) is 5.69 Å². The van der Waals surface area contributed by atoms with E-state index in [0.29, 0.717) is 5.69 Å². The van der Waals surface area contributed by atoms with Crippen LogP contribution in [-0.4, -0.2) is 30.9 Å². The van der Waals surface area contributed by atoms with Crippen LogP contribution in [0.2, 0.25) is 0 Å². The number of guanidine groups is 2. The van der Waals surface area contributed by atoms with Crippen LogP contribution in [0, 0.1) is 10.8 Å². The van der Waals surface area contributed by atoms with Crippen LogP contribution >= 0.6 is 0 Å². The van der Waals surface area contributed by atoms with E-state index in [1.165, 1.54) is 4.90 Å². The fourth-order valence-corrected chi connectivity index (χ4v) is 1.15. The lowest BCUT2D eigenvalue weighted by atomic mass is 10.3. The Labute approximate surface area is 89.1 Å². The lowest BCUT2D eigenvalue weighted by Crippen LogP contribution is -2.47. The van der Waals surface area contributed by atoms with Crippen LogP contribution in [0.25, 0.3) is 0 Å². The highest BCUT2D eigenvalue weighted by Gasteiger charge is 2.16. The second kappa shape index (κ2) is 4.45. The minimum atomic E-state index is -0.167. The lowest BCUT2D eigenvalue weighted by Gasteiger charge is -2.27. The van der Waals surface area contributed by atoms with E-state index in [4.69, 9.17) is 16.6 Å². The Morgan fingerprint density at radius 2 is 1.67 bits per heavy atom. The number of hydrogen-bond donors (Lipinski definition) is 3. The largest absolute Gasteiger partial charge is 0.369 e. The monoisotopic (exact) mass is 205 g/mol. The van der Waals surface area contributed by atoms with E-state index >= 15 is 0 Å². The number of nitrogens with zero attached hydrogens (tertiary/aromatic N) is 2. The van der Waals surface area contributed by atoms with E-state index in [1.807, 2.05) is 18.2 Å². The summed E-state index contributed by atoms with van der Waals surface area (Å²) in [5, 5.41) is 15.2. The quantitative estimate of drug-likeness (QED) is 0.470. The first-order chi connectivity index (χ1) is 7.04. The molecule has 5 heteroatoms. The van der Waals surface area contributed by atoms with Gasteiger partial charge in [-0.25, -0.2) is 0 Å². The predicted molar refractivity (Wildman–Crippen MR) is 62.2 cm³/mol. The van der Waals surface area contributed by atoms with E-state index in [1.54, 1.807) is 31.1 Å². The maximum atomic E-state index is 7.80. The van der Waals surface area contributed by atoms with Gasteiger partial charge in [0.25, 0.3) is 0 Å². The van der Waals surface area contributed by atoms with Gasteiger partial charge in [0.15, 0.2) is 5.96 Å². The second-order valence-electron chi connectivity index (χ2n) is 3.27. The van der Waals surface area contributed by atoms with Gasteiger partial charge in [-0.05, 0) is 12.1 Å². The highest BCUT2D eigenvalue weighted by atomic mass is 15.4. The lowest BCUT2D eigenvalue weighted by molar-refractivity contribution is 0.607. The molecule has 1 aromatic carbocycles. The average molecular weight is 205 g/mol. The highest BCUT2D eigenvalue weighted by Crippen LogP contribution is 2.13. The fourth-order valence-electron chi connectivity index (χ4n) is 1.15. The Bertz CT molecular complexity index is 357. The number of hydrogen-bond acceptors (Lipinski definition) is 2. The number of para-hydroxylation sites is 1. The van der Waals surface area contributed by atoms with Crippen LogP contribution in [0.5, 0.6) is 0 Å². The smallest absolute Gasteiger partial charge is 0.204 e. The molecule has 0 bridgehead atoms. The summed E-state index contributed by atoms with van der Waals surface area (Å²) in [6.45, 7) is 0. The Kier molecular flexibility index (Phi) is 3.28. The molecule has 0 amide bonds. The zero-order valence-corrected chi connectivity index (χ0v) is 8.86. The van der Waals surface area contributed by atoms with Gasteiger partial charge in [-0.1, -0.05) is 18.2 Å². The van der Waals surface area contributed by atoms with Crippen LogP contribution in [0.4, 0.5) is 5.69 Å². The molecule has 0 aliphatic carbocycles.